The number of nitrogens with zero attached hydrogens (tertiary/aromatic N) is 2. The molecule has 0 fully saturated rings. The van der Waals surface area contributed by atoms with Crippen molar-refractivity contribution < 1.29 is 9.47 Å². The third-order valence-corrected chi connectivity index (χ3v) is 2.44. The van der Waals surface area contributed by atoms with Crippen molar-refractivity contribution in [1.29, 1.82) is 0 Å². The maximum Gasteiger partial charge on any atom is 0.303 e. The molecule has 2 rings (SSSR count). The van der Waals surface area contributed by atoms with Crippen LogP contribution in [-0.4, -0.2) is 16.7 Å². The number of hydrogen-bond acceptors (Lipinski definition) is 4. The molecule has 0 aliphatic carbocycles. The molecule has 2 N–H and O–H groups in total. The second-order valence-corrected chi connectivity index (χ2v) is 3.46. The molecule has 0 radical (unpaired) electrons. The van der Waals surface area contributed by atoms with Crippen LogP contribution in [0.25, 0.3) is 0 Å². The molecule has 1 heterocycles. The summed E-state index contributed by atoms with van der Waals surface area (Å²) in [5.74, 6) is 1.87. The van der Waals surface area contributed by atoms with Crippen LogP contribution in [0.1, 0.15) is 6.92 Å². The summed E-state index contributed by atoms with van der Waals surface area (Å²) in [5.41, 5.74) is 5.77. The van der Waals surface area contributed by atoms with Gasteiger partial charge < -0.3 is 15.2 Å². The molecule has 5 nitrogen and oxygen atoms in total. The Balaban J connectivity index is 2.31. The third-order valence-electron chi connectivity index (χ3n) is 2.44. The fraction of sp³-hybridized carbons (Fsp3) is 0.250. The number of aromatic nitrogens is 2. The lowest BCUT2D eigenvalue weighted by molar-refractivity contribution is 0.360. The monoisotopic (exact) mass is 233 g/mol. The summed E-state index contributed by atoms with van der Waals surface area (Å²) >= 11 is 0. The Morgan fingerprint density at radius 1 is 1.29 bits per heavy atom. The van der Waals surface area contributed by atoms with E-state index in [2.05, 4.69) is 4.98 Å². The molecule has 1 aromatic carbocycles. The van der Waals surface area contributed by atoms with Crippen LogP contribution in [0.5, 0.6) is 17.5 Å². The van der Waals surface area contributed by atoms with Crippen molar-refractivity contribution in [3.63, 3.8) is 0 Å². The number of imidazole rings is 1. The van der Waals surface area contributed by atoms with E-state index >= 15 is 0 Å². The van der Waals surface area contributed by atoms with Crippen LogP contribution in [0.2, 0.25) is 0 Å². The number of rotatable bonds is 4. The molecule has 17 heavy (non-hydrogen) atoms. The van der Waals surface area contributed by atoms with Gasteiger partial charge in [0.1, 0.15) is 5.82 Å². The van der Waals surface area contributed by atoms with Crippen molar-refractivity contribution in [2.24, 2.45) is 0 Å². The molecule has 0 atom stereocenters. The number of para-hydroxylation sites is 2. The molecule has 0 spiro atoms. The molecule has 90 valence electrons. The van der Waals surface area contributed by atoms with E-state index in [0.717, 1.165) is 0 Å². The normalized spacial score (nSPS) is 10.2. The van der Waals surface area contributed by atoms with Gasteiger partial charge in [-0.05, 0) is 19.1 Å². The Labute approximate surface area is 99.8 Å². The van der Waals surface area contributed by atoms with Crippen LogP contribution in [0.15, 0.2) is 30.5 Å². The number of benzene rings is 1. The SMILES string of the molecule is CCn1c(N)cnc1Oc1ccccc1OC. The maximum absolute atomic E-state index is 5.77. The zero-order chi connectivity index (χ0) is 12.3. The van der Waals surface area contributed by atoms with Crippen LogP contribution >= 0.6 is 0 Å². The summed E-state index contributed by atoms with van der Waals surface area (Å²) < 4.78 is 12.7. The Kier molecular flexibility index (Phi) is 3.18. The predicted molar refractivity (Wildman–Crippen MR) is 65.4 cm³/mol. The average molecular weight is 233 g/mol. The first kappa shape index (κ1) is 11.3. The van der Waals surface area contributed by atoms with Gasteiger partial charge in [-0.15, -0.1) is 0 Å². The molecule has 0 bridgehead atoms. The zero-order valence-electron chi connectivity index (χ0n) is 9.88. The minimum Gasteiger partial charge on any atom is -0.493 e. The van der Waals surface area contributed by atoms with Gasteiger partial charge >= 0.3 is 6.01 Å². The van der Waals surface area contributed by atoms with E-state index in [4.69, 9.17) is 15.2 Å². The molecule has 0 saturated heterocycles. The number of methoxy groups -OCH3 is 1. The highest BCUT2D eigenvalue weighted by atomic mass is 16.5. The average Bonchev–Trinajstić information content (AvgIpc) is 2.70. The lowest BCUT2D eigenvalue weighted by Crippen LogP contribution is -2.02. The highest BCUT2D eigenvalue weighted by Crippen LogP contribution is 2.30. The van der Waals surface area contributed by atoms with Gasteiger partial charge in [0.15, 0.2) is 11.5 Å². The van der Waals surface area contributed by atoms with Gasteiger partial charge in [0, 0.05) is 6.54 Å². The van der Waals surface area contributed by atoms with Gasteiger partial charge in [0.05, 0.1) is 13.3 Å². The molecule has 0 aliphatic rings. The van der Waals surface area contributed by atoms with E-state index in [1.165, 1.54) is 0 Å². The lowest BCUT2D eigenvalue weighted by Gasteiger charge is -2.10. The van der Waals surface area contributed by atoms with Crippen molar-refractivity contribution in [2.75, 3.05) is 12.8 Å². The Bertz CT molecular complexity index is 508. The van der Waals surface area contributed by atoms with Gasteiger partial charge in [0.25, 0.3) is 0 Å². The summed E-state index contributed by atoms with van der Waals surface area (Å²) in [4.78, 5) is 4.12. The lowest BCUT2D eigenvalue weighted by atomic mass is 10.3. The highest BCUT2D eigenvalue weighted by Gasteiger charge is 2.10. The molecule has 0 saturated carbocycles. The Hall–Kier alpha value is -2.17. The second kappa shape index (κ2) is 4.78. The quantitative estimate of drug-likeness (QED) is 0.880. The number of ether oxygens (including phenoxy) is 2. The van der Waals surface area contributed by atoms with E-state index in [0.29, 0.717) is 29.9 Å². The van der Waals surface area contributed by atoms with Crippen LogP contribution in [0.3, 0.4) is 0 Å². The van der Waals surface area contributed by atoms with Crippen molar-refractivity contribution in [3.8, 4) is 17.5 Å². The fourth-order valence-electron chi connectivity index (χ4n) is 1.57. The van der Waals surface area contributed by atoms with Gasteiger partial charge in [-0.25, -0.2) is 4.98 Å². The topological polar surface area (TPSA) is 62.3 Å². The minimum atomic E-state index is 0.467. The Morgan fingerprint density at radius 2 is 2.00 bits per heavy atom. The van der Waals surface area contributed by atoms with Crippen LogP contribution in [0, 0.1) is 0 Å². The standard InChI is InChI=1S/C12H15N3O2/c1-3-15-11(13)8-14-12(15)17-10-7-5-4-6-9(10)16-2/h4-8H,3,13H2,1-2H3. The summed E-state index contributed by atoms with van der Waals surface area (Å²) in [6, 6.07) is 7.88. The summed E-state index contributed by atoms with van der Waals surface area (Å²) in [5, 5.41) is 0. The maximum atomic E-state index is 5.77. The molecule has 2 aromatic rings. The van der Waals surface area contributed by atoms with Gasteiger partial charge in [0.2, 0.25) is 0 Å². The first-order valence-corrected chi connectivity index (χ1v) is 5.38. The summed E-state index contributed by atoms with van der Waals surface area (Å²) in [6.07, 6.45) is 1.58. The van der Waals surface area contributed by atoms with E-state index in [9.17, 15) is 0 Å². The Morgan fingerprint density at radius 3 is 2.65 bits per heavy atom. The van der Waals surface area contributed by atoms with Crippen LogP contribution in [0.4, 0.5) is 5.82 Å². The molecule has 5 heteroatoms. The van der Waals surface area contributed by atoms with Crippen molar-refractivity contribution >= 4 is 5.82 Å². The summed E-state index contributed by atoms with van der Waals surface area (Å²) in [7, 11) is 1.60. The van der Waals surface area contributed by atoms with Crippen LogP contribution < -0.4 is 15.2 Å². The van der Waals surface area contributed by atoms with Crippen molar-refractivity contribution in [1.82, 2.24) is 9.55 Å². The van der Waals surface area contributed by atoms with Gasteiger partial charge in [-0.1, -0.05) is 12.1 Å². The zero-order valence-corrected chi connectivity index (χ0v) is 9.88. The van der Waals surface area contributed by atoms with Crippen molar-refractivity contribution in [3.05, 3.63) is 30.5 Å². The number of nitrogen functional groups attached to an aromatic ring is 1. The first-order valence-electron chi connectivity index (χ1n) is 5.38. The summed E-state index contributed by atoms with van der Waals surface area (Å²) in [6.45, 7) is 2.68. The molecule has 0 amide bonds. The van der Waals surface area contributed by atoms with Gasteiger partial charge in [-0.2, -0.15) is 0 Å². The largest absolute Gasteiger partial charge is 0.493 e. The van der Waals surface area contributed by atoms with Gasteiger partial charge in [-0.3, -0.25) is 4.57 Å². The van der Waals surface area contributed by atoms with E-state index in [1.54, 1.807) is 17.9 Å². The molecule has 1 aromatic heterocycles. The molecular formula is C12H15N3O2. The van der Waals surface area contributed by atoms with Crippen molar-refractivity contribution in [2.45, 2.75) is 13.5 Å². The van der Waals surface area contributed by atoms with E-state index in [-0.39, 0.29) is 0 Å². The van der Waals surface area contributed by atoms with E-state index < -0.39 is 0 Å². The molecular weight excluding hydrogens is 218 g/mol. The number of anilines is 1. The fourth-order valence-corrected chi connectivity index (χ4v) is 1.57. The molecule has 0 aliphatic heterocycles. The third kappa shape index (κ3) is 2.18. The highest BCUT2D eigenvalue weighted by molar-refractivity contribution is 5.42. The minimum absolute atomic E-state index is 0.467. The molecule has 0 unspecified atom stereocenters. The smallest absolute Gasteiger partial charge is 0.303 e. The number of hydrogen-bond donors (Lipinski definition) is 1. The number of nitrogens with two attached hydrogens (primary N) is 1. The first-order chi connectivity index (χ1) is 8.26. The second-order valence-electron chi connectivity index (χ2n) is 3.46. The van der Waals surface area contributed by atoms with E-state index in [1.807, 2.05) is 31.2 Å². The predicted octanol–water partition coefficient (Wildman–Crippen LogP) is 2.29. The van der Waals surface area contributed by atoms with Crippen LogP contribution in [-0.2, 0) is 6.54 Å².